The molecule has 0 saturated heterocycles. The van der Waals surface area contributed by atoms with E-state index < -0.39 is 12.0 Å². The highest BCUT2D eigenvalue weighted by Crippen LogP contribution is 2.43. The van der Waals surface area contributed by atoms with E-state index >= 15 is 0 Å². The van der Waals surface area contributed by atoms with Crippen LogP contribution in [0.3, 0.4) is 0 Å². The molecular formula is C25H24BrClN4O4. The van der Waals surface area contributed by atoms with Gasteiger partial charge < -0.3 is 19.5 Å². The third kappa shape index (κ3) is 5.21. The summed E-state index contributed by atoms with van der Waals surface area (Å²) in [5, 5.41) is 8.09. The van der Waals surface area contributed by atoms with E-state index in [0.717, 1.165) is 11.1 Å². The van der Waals surface area contributed by atoms with Crippen LogP contribution in [0, 0.1) is 0 Å². The predicted molar refractivity (Wildman–Crippen MR) is 137 cm³/mol. The van der Waals surface area contributed by atoms with Gasteiger partial charge in [-0.1, -0.05) is 42.5 Å². The normalized spacial score (nSPS) is 14.7. The van der Waals surface area contributed by atoms with E-state index in [1.54, 1.807) is 11.6 Å². The first kappa shape index (κ1) is 24.8. The molecule has 1 atom stereocenters. The second-order valence-corrected chi connectivity index (χ2v) is 8.89. The van der Waals surface area contributed by atoms with Gasteiger partial charge in [0.05, 0.1) is 16.7 Å². The SMILES string of the molecule is C=CCOC(=O)C1=C(C)Nc2ncnn2C1c1cc(Br)c(OCc2ccccc2Cl)c(OCC)c1. The summed E-state index contributed by atoms with van der Waals surface area (Å²) in [6.45, 7) is 8.08. The van der Waals surface area contributed by atoms with Crippen molar-refractivity contribution in [1.82, 2.24) is 14.8 Å². The Bertz CT molecular complexity index is 1290. The number of benzene rings is 2. The number of nitrogens with zero attached hydrogens (tertiary/aromatic N) is 3. The molecule has 35 heavy (non-hydrogen) atoms. The van der Waals surface area contributed by atoms with Crippen LogP contribution in [-0.2, 0) is 16.1 Å². The molecular weight excluding hydrogens is 536 g/mol. The van der Waals surface area contributed by atoms with Crippen LogP contribution in [0.15, 0.2) is 71.1 Å². The first-order chi connectivity index (χ1) is 16.9. The molecule has 0 saturated carbocycles. The maximum atomic E-state index is 13.0. The summed E-state index contributed by atoms with van der Waals surface area (Å²) in [7, 11) is 0. The Balaban J connectivity index is 1.75. The summed E-state index contributed by atoms with van der Waals surface area (Å²) >= 11 is 9.92. The highest BCUT2D eigenvalue weighted by Gasteiger charge is 2.35. The largest absolute Gasteiger partial charge is 0.490 e. The minimum atomic E-state index is -0.598. The van der Waals surface area contributed by atoms with Crippen LogP contribution >= 0.6 is 27.5 Å². The lowest BCUT2D eigenvalue weighted by Gasteiger charge is -2.29. The molecule has 0 radical (unpaired) electrons. The Morgan fingerprint density at radius 1 is 1.31 bits per heavy atom. The third-order valence-corrected chi connectivity index (χ3v) is 6.28. The van der Waals surface area contributed by atoms with Gasteiger partial charge in [-0.2, -0.15) is 10.1 Å². The molecule has 1 aromatic heterocycles. The molecule has 0 amide bonds. The molecule has 4 rings (SSSR count). The van der Waals surface area contributed by atoms with Gasteiger partial charge in [0.15, 0.2) is 11.5 Å². The van der Waals surface area contributed by atoms with E-state index in [9.17, 15) is 4.79 Å². The molecule has 2 heterocycles. The van der Waals surface area contributed by atoms with Gasteiger partial charge in [-0.25, -0.2) is 9.48 Å². The number of hydrogen-bond donors (Lipinski definition) is 1. The summed E-state index contributed by atoms with van der Waals surface area (Å²) in [6.07, 6.45) is 2.95. The van der Waals surface area contributed by atoms with Gasteiger partial charge in [0.2, 0.25) is 5.95 Å². The van der Waals surface area contributed by atoms with Gasteiger partial charge in [-0.15, -0.1) is 0 Å². The van der Waals surface area contributed by atoms with Crippen molar-refractivity contribution in [3.8, 4) is 11.5 Å². The highest BCUT2D eigenvalue weighted by molar-refractivity contribution is 9.10. The van der Waals surface area contributed by atoms with Gasteiger partial charge in [0, 0.05) is 16.3 Å². The topological polar surface area (TPSA) is 87.5 Å². The van der Waals surface area contributed by atoms with Gasteiger partial charge >= 0.3 is 5.97 Å². The molecule has 0 spiro atoms. The third-order valence-electron chi connectivity index (χ3n) is 5.32. The summed E-state index contributed by atoms with van der Waals surface area (Å²) in [4.78, 5) is 17.3. The fraction of sp³-hybridized carbons (Fsp3) is 0.240. The molecule has 3 aromatic rings. The summed E-state index contributed by atoms with van der Waals surface area (Å²) in [5.74, 6) is 1.08. The molecule has 2 aromatic carbocycles. The number of carbonyl (C=O) groups excluding carboxylic acids is 1. The molecule has 0 fully saturated rings. The van der Waals surface area contributed by atoms with Crippen LogP contribution in [0.1, 0.15) is 31.0 Å². The minimum absolute atomic E-state index is 0.0925. The van der Waals surface area contributed by atoms with Gasteiger partial charge in [0.1, 0.15) is 25.6 Å². The second-order valence-electron chi connectivity index (χ2n) is 7.62. The molecule has 0 aliphatic carbocycles. The zero-order valence-corrected chi connectivity index (χ0v) is 21.6. The van der Waals surface area contributed by atoms with Crippen LogP contribution in [0.4, 0.5) is 5.95 Å². The molecule has 8 nitrogen and oxygen atoms in total. The van der Waals surface area contributed by atoms with Crippen molar-refractivity contribution in [2.24, 2.45) is 0 Å². The number of halogens is 2. The fourth-order valence-electron chi connectivity index (χ4n) is 3.79. The first-order valence-corrected chi connectivity index (χ1v) is 12.1. The van der Waals surface area contributed by atoms with E-state index in [1.165, 1.54) is 12.4 Å². The van der Waals surface area contributed by atoms with Gasteiger partial charge in [-0.05, 0) is 53.5 Å². The maximum Gasteiger partial charge on any atom is 0.338 e. The van der Waals surface area contributed by atoms with Crippen molar-refractivity contribution in [3.63, 3.8) is 0 Å². The van der Waals surface area contributed by atoms with Gasteiger partial charge in [0.25, 0.3) is 0 Å². The molecule has 1 aliphatic rings. The smallest absolute Gasteiger partial charge is 0.338 e. The maximum absolute atomic E-state index is 13.0. The molecule has 182 valence electrons. The molecule has 0 bridgehead atoms. The van der Waals surface area contributed by atoms with E-state index in [-0.39, 0.29) is 13.2 Å². The molecule has 1 aliphatic heterocycles. The number of allylic oxidation sites excluding steroid dienone is 1. The number of anilines is 1. The van der Waals surface area contributed by atoms with Crippen LogP contribution in [-0.4, -0.2) is 33.9 Å². The lowest BCUT2D eigenvalue weighted by Crippen LogP contribution is -2.29. The van der Waals surface area contributed by atoms with Crippen molar-refractivity contribution < 1.29 is 19.0 Å². The lowest BCUT2D eigenvalue weighted by molar-refractivity contribution is -0.138. The predicted octanol–water partition coefficient (Wildman–Crippen LogP) is 5.69. The average molecular weight is 560 g/mol. The van der Waals surface area contributed by atoms with Crippen molar-refractivity contribution in [2.45, 2.75) is 26.5 Å². The van der Waals surface area contributed by atoms with Crippen LogP contribution < -0.4 is 14.8 Å². The fourth-order valence-corrected chi connectivity index (χ4v) is 4.55. The molecule has 1 unspecified atom stereocenters. The number of rotatable bonds is 9. The van der Waals surface area contributed by atoms with Crippen molar-refractivity contribution in [3.05, 3.63) is 87.3 Å². The lowest BCUT2D eigenvalue weighted by atomic mass is 9.95. The number of hydrogen-bond acceptors (Lipinski definition) is 7. The number of aromatic nitrogens is 3. The summed E-state index contributed by atoms with van der Waals surface area (Å²) < 4.78 is 19.7. The molecule has 1 N–H and O–H groups in total. The van der Waals surface area contributed by atoms with Crippen molar-refractivity contribution in [2.75, 3.05) is 18.5 Å². The Kier molecular flexibility index (Phi) is 7.77. The van der Waals surface area contributed by atoms with Crippen LogP contribution in [0.5, 0.6) is 11.5 Å². The van der Waals surface area contributed by atoms with Crippen molar-refractivity contribution >= 4 is 39.4 Å². The number of carbonyl (C=O) groups is 1. The van der Waals surface area contributed by atoms with Crippen LogP contribution in [0.25, 0.3) is 0 Å². The zero-order chi connectivity index (χ0) is 24.9. The quantitative estimate of drug-likeness (QED) is 0.266. The van der Waals surface area contributed by atoms with E-state index in [1.807, 2.05) is 43.3 Å². The number of esters is 1. The number of ether oxygens (including phenoxy) is 3. The van der Waals surface area contributed by atoms with Crippen LogP contribution in [0.2, 0.25) is 5.02 Å². The monoisotopic (exact) mass is 558 g/mol. The highest BCUT2D eigenvalue weighted by atomic mass is 79.9. The van der Waals surface area contributed by atoms with Gasteiger partial charge in [-0.3, -0.25) is 0 Å². The Labute approximate surface area is 216 Å². The second kappa shape index (κ2) is 11.0. The zero-order valence-electron chi connectivity index (χ0n) is 19.3. The number of nitrogens with one attached hydrogen (secondary N) is 1. The van der Waals surface area contributed by atoms with E-state index in [0.29, 0.717) is 44.8 Å². The Morgan fingerprint density at radius 3 is 2.86 bits per heavy atom. The number of fused-ring (bicyclic) bond motifs is 1. The van der Waals surface area contributed by atoms with Crippen molar-refractivity contribution in [1.29, 1.82) is 0 Å². The standard InChI is InChI=1S/C25H24BrClN4O4/c1-4-10-34-24(32)21-15(3)30-25-28-14-29-31(25)22(21)17-11-18(26)23(20(12-17)33-5-2)35-13-16-8-6-7-9-19(16)27/h4,6-9,11-12,14,22H,1,5,10,13H2,2-3H3,(H,28,29,30). The average Bonchev–Trinajstić information content (AvgIpc) is 3.30. The summed E-state index contributed by atoms with van der Waals surface area (Å²) in [6, 6.07) is 10.6. The Morgan fingerprint density at radius 2 is 2.11 bits per heavy atom. The molecule has 10 heteroatoms. The first-order valence-electron chi connectivity index (χ1n) is 10.9. The van der Waals surface area contributed by atoms with E-state index in [2.05, 4.69) is 37.9 Å². The summed E-state index contributed by atoms with van der Waals surface area (Å²) in [5.41, 5.74) is 2.62. The Hall–Kier alpha value is -3.30. The van der Waals surface area contributed by atoms with E-state index in [4.69, 9.17) is 25.8 Å². The minimum Gasteiger partial charge on any atom is -0.490 e.